The van der Waals surface area contributed by atoms with Gasteiger partial charge in [0.2, 0.25) is 0 Å². The van der Waals surface area contributed by atoms with Crippen LogP contribution in [-0.4, -0.2) is 33.8 Å². The summed E-state index contributed by atoms with van der Waals surface area (Å²) in [5.41, 5.74) is 6.29. The number of hydrogen-bond donors (Lipinski definition) is 3. The monoisotopic (exact) mass is 309 g/mol. The Morgan fingerprint density at radius 2 is 2.09 bits per heavy atom. The molecule has 0 fully saturated rings. The second-order valence-corrected chi connectivity index (χ2v) is 6.06. The molecule has 1 aromatic heterocycles. The molecule has 0 saturated carbocycles. The first-order valence-corrected chi connectivity index (χ1v) is 7.07. The fraction of sp³-hybridized carbons (Fsp3) is 0.533. The number of carboxylic acids is 1. The summed E-state index contributed by atoms with van der Waals surface area (Å²) < 4.78 is 5.14. The van der Waals surface area contributed by atoms with E-state index < -0.39 is 23.7 Å². The van der Waals surface area contributed by atoms with Gasteiger partial charge in [-0.2, -0.15) is 0 Å². The minimum atomic E-state index is -0.980. The summed E-state index contributed by atoms with van der Waals surface area (Å²) in [6.07, 6.45) is 1.73. The third kappa shape index (κ3) is 7.47. The molecule has 0 spiro atoms. The summed E-state index contributed by atoms with van der Waals surface area (Å²) in [6, 6.07) is 2.99. The third-order valence-corrected chi connectivity index (χ3v) is 2.74. The highest BCUT2D eigenvalue weighted by atomic mass is 16.6. The molecule has 0 aliphatic rings. The average molecular weight is 309 g/mol. The molecule has 1 rings (SSSR count). The molecule has 122 valence electrons. The summed E-state index contributed by atoms with van der Waals surface area (Å²) in [6.45, 7) is 5.24. The van der Waals surface area contributed by atoms with Gasteiger partial charge in [-0.1, -0.05) is 0 Å². The van der Waals surface area contributed by atoms with Crippen LogP contribution in [0.25, 0.3) is 0 Å². The van der Waals surface area contributed by atoms with Gasteiger partial charge in [-0.25, -0.2) is 4.79 Å². The number of hydrogen-bond acceptors (Lipinski definition) is 5. The second kappa shape index (κ2) is 7.63. The summed E-state index contributed by atoms with van der Waals surface area (Å²) in [5, 5.41) is 11.5. The normalized spacial score (nSPS) is 12.5. The maximum Gasteiger partial charge on any atom is 0.407 e. The number of rotatable bonds is 6. The summed E-state index contributed by atoms with van der Waals surface area (Å²) in [7, 11) is 0. The van der Waals surface area contributed by atoms with Crippen LogP contribution in [0.5, 0.6) is 0 Å². The van der Waals surface area contributed by atoms with Crippen molar-refractivity contribution in [2.75, 3.05) is 5.73 Å². The van der Waals surface area contributed by atoms with Gasteiger partial charge in [-0.15, -0.1) is 0 Å². The van der Waals surface area contributed by atoms with E-state index in [1.165, 1.54) is 0 Å². The number of nitrogens with one attached hydrogen (secondary N) is 1. The Morgan fingerprint density at radius 1 is 1.41 bits per heavy atom. The lowest BCUT2D eigenvalue weighted by Crippen LogP contribution is -2.40. The van der Waals surface area contributed by atoms with Crippen LogP contribution in [0.3, 0.4) is 0 Å². The van der Waals surface area contributed by atoms with E-state index in [0.717, 1.165) is 5.69 Å². The minimum Gasteiger partial charge on any atom is -0.481 e. The van der Waals surface area contributed by atoms with Crippen molar-refractivity contribution < 1.29 is 19.4 Å². The van der Waals surface area contributed by atoms with Gasteiger partial charge in [0, 0.05) is 11.7 Å². The van der Waals surface area contributed by atoms with Crippen molar-refractivity contribution in [1.82, 2.24) is 10.3 Å². The molecule has 1 aromatic rings. The highest BCUT2D eigenvalue weighted by molar-refractivity contribution is 5.71. The number of nitrogen functional groups attached to an aromatic ring is 1. The van der Waals surface area contributed by atoms with Crippen LogP contribution < -0.4 is 11.1 Å². The van der Waals surface area contributed by atoms with E-state index in [0.29, 0.717) is 18.5 Å². The van der Waals surface area contributed by atoms with Gasteiger partial charge < -0.3 is 20.9 Å². The third-order valence-electron chi connectivity index (χ3n) is 2.74. The number of ether oxygens (including phenoxy) is 1. The molecule has 0 aromatic carbocycles. The van der Waals surface area contributed by atoms with Gasteiger partial charge in [-0.3, -0.25) is 9.78 Å². The standard InChI is InChI=1S/C15H23N3O4/c1-15(2,3)22-14(21)18-12(8-13(19)20)7-6-11-5-4-10(16)9-17-11/h4-5,9,12H,6-8,16H2,1-3H3,(H,18,21)(H,19,20)/t12-/m0/s1. The van der Waals surface area contributed by atoms with Crippen molar-refractivity contribution in [1.29, 1.82) is 0 Å². The van der Waals surface area contributed by atoms with E-state index in [9.17, 15) is 9.59 Å². The Hall–Kier alpha value is -2.31. The molecule has 0 unspecified atom stereocenters. The molecule has 1 atom stereocenters. The topological polar surface area (TPSA) is 115 Å². The van der Waals surface area contributed by atoms with Gasteiger partial charge in [0.15, 0.2) is 0 Å². The van der Waals surface area contributed by atoms with Crippen molar-refractivity contribution in [3.05, 3.63) is 24.0 Å². The number of pyridine rings is 1. The first-order valence-electron chi connectivity index (χ1n) is 7.07. The molecule has 7 nitrogen and oxygen atoms in total. The molecule has 1 amide bonds. The number of aromatic nitrogens is 1. The number of carboxylic acid groups (broad SMARTS) is 1. The average Bonchev–Trinajstić information content (AvgIpc) is 2.34. The van der Waals surface area contributed by atoms with E-state index in [-0.39, 0.29) is 6.42 Å². The summed E-state index contributed by atoms with van der Waals surface area (Å²) >= 11 is 0. The Kier molecular flexibility index (Phi) is 6.15. The zero-order valence-electron chi connectivity index (χ0n) is 13.1. The molecule has 1 heterocycles. The number of nitrogens with zero attached hydrogens (tertiary/aromatic N) is 1. The van der Waals surface area contributed by atoms with Crippen LogP contribution in [0, 0.1) is 0 Å². The molecule has 4 N–H and O–H groups in total. The van der Waals surface area contributed by atoms with Crippen molar-refractivity contribution in [2.45, 2.75) is 51.7 Å². The van der Waals surface area contributed by atoms with E-state index >= 15 is 0 Å². The molecule has 0 bridgehead atoms. The van der Waals surface area contributed by atoms with Crippen molar-refractivity contribution in [3.8, 4) is 0 Å². The first kappa shape index (κ1) is 17.7. The Balaban J connectivity index is 2.58. The van der Waals surface area contributed by atoms with Crippen LogP contribution in [-0.2, 0) is 16.0 Å². The highest BCUT2D eigenvalue weighted by Gasteiger charge is 2.21. The van der Waals surface area contributed by atoms with E-state index in [1.807, 2.05) is 0 Å². The van der Waals surface area contributed by atoms with Crippen molar-refractivity contribution >= 4 is 17.7 Å². The lowest BCUT2D eigenvalue weighted by molar-refractivity contribution is -0.137. The fourth-order valence-electron chi connectivity index (χ4n) is 1.82. The van der Waals surface area contributed by atoms with Crippen molar-refractivity contribution in [3.63, 3.8) is 0 Å². The lowest BCUT2D eigenvalue weighted by atomic mass is 10.1. The predicted octanol–water partition coefficient (Wildman–Crippen LogP) is 1.96. The largest absolute Gasteiger partial charge is 0.481 e. The van der Waals surface area contributed by atoms with E-state index in [1.54, 1.807) is 39.1 Å². The highest BCUT2D eigenvalue weighted by Crippen LogP contribution is 2.10. The first-order chi connectivity index (χ1) is 10.2. The Bertz CT molecular complexity index is 509. The molecular weight excluding hydrogens is 286 g/mol. The number of aliphatic carboxylic acids is 1. The van der Waals surface area contributed by atoms with Crippen LogP contribution in [0.2, 0.25) is 0 Å². The second-order valence-electron chi connectivity index (χ2n) is 6.06. The minimum absolute atomic E-state index is 0.172. The van der Waals surface area contributed by atoms with Crippen LogP contribution in [0.4, 0.5) is 10.5 Å². The maximum atomic E-state index is 11.7. The number of carbonyl (C=O) groups excluding carboxylic acids is 1. The SMILES string of the molecule is CC(C)(C)OC(=O)N[C@@H](CCc1ccc(N)cn1)CC(=O)O. The van der Waals surface area contributed by atoms with Gasteiger partial charge in [-0.05, 0) is 45.7 Å². The zero-order valence-corrected chi connectivity index (χ0v) is 13.1. The molecule has 0 radical (unpaired) electrons. The number of nitrogens with two attached hydrogens (primary N) is 1. The Labute approximate surface area is 129 Å². The van der Waals surface area contributed by atoms with Crippen LogP contribution in [0.1, 0.15) is 39.3 Å². The molecule has 0 saturated heterocycles. The van der Waals surface area contributed by atoms with Gasteiger partial charge in [0.1, 0.15) is 5.60 Å². The van der Waals surface area contributed by atoms with Gasteiger partial charge >= 0.3 is 12.1 Å². The summed E-state index contributed by atoms with van der Waals surface area (Å²) in [5.74, 6) is -0.980. The van der Waals surface area contributed by atoms with Gasteiger partial charge in [0.05, 0.1) is 18.3 Å². The van der Waals surface area contributed by atoms with Crippen molar-refractivity contribution in [2.24, 2.45) is 0 Å². The molecule has 0 aliphatic carbocycles. The number of carbonyl (C=O) groups is 2. The quantitative estimate of drug-likeness (QED) is 0.740. The predicted molar refractivity (Wildman–Crippen MR) is 82.4 cm³/mol. The molecule has 22 heavy (non-hydrogen) atoms. The zero-order chi connectivity index (χ0) is 16.8. The lowest BCUT2D eigenvalue weighted by Gasteiger charge is -2.23. The number of amides is 1. The number of anilines is 1. The van der Waals surface area contributed by atoms with E-state index in [2.05, 4.69) is 10.3 Å². The molecule has 0 aliphatic heterocycles. The number of aryl methyl sites for hydroxylation is 1. The van der Waals surface area contributed by atoms with Gasteiger partial charge in [0.25, 0.3) is 0 Å². The fourth-order valence-corrected chi connectivity index (χ4v) is 1.82. The molecular formula is C15H23N3O4. The van der Waals surface area contributed by atoms with Crippen LogP contribution >= 0.6 is 0 Å². The number of alkyl carbamates (subject to hydrolysis) is 1. The summed E-state index contributed by atoms with van der Waals surface area (Å²) in [4.78, 5) is 26.8. The Morgan fingerprint density at radius 3 is 2.59 bits per heavy atom. The van der Waals surface area contributed by atoms with E-state index in [4.69, 9.17) is 15.6 Å². The molecule has 7 heteroatoms. The maximum absolute atomic E-state index is 11.7. The van der Waals surface area contributed by atoms with Crippen LogP contribution in [0.15, 0.2) is 18.3 Å². The smallest absolute Gasteiger partial charge is 0.407 e.